The monoisotopic (exact) mass is 263 g/mol. The Kier molecular flexibility index (Phi) is 3.44. The van der Waals surface area contributed by atoms with E-state index >= 15 is 0 Å². The Labute approximate surface area is 115 Å². The molecule has 3 aromatic carbocycles. The Morgan fingerprint density at radius 1 is 0.737 bits per heavy atom. The van der Waals surface area contributed by atoms with E-state index in [0.29, 0.717) is 0 Å². The average Bonchev–Trinajstić information content (AvgIpc) is 2.48. The van der Waals surface area contributed by atoms with Crippen LogP contribution in [0.2, 0.25) is 0 Å². The SMILES string of the molecule is [O][SiH2]Cc1ccccc1-c1cccc2ccccc12. The molecular weight excluding hydrogens is 248 g/mol. The van der Waals surface area contributed by atoms with Gasteiger partial charge in [0.2, 0.25) is 9.76 Å². The van der Waals surface area contributed by atoms with Crippen LogP contribution in [0.1, 0.15) is 5.56 Å². The normalized spacial score (nSPS) is 11.4. The highest BCUT2D eigenvalue weighted by atomic mass is 28.2. The molecule has 0 aromatic heterocycles. The quantitative estimate of drug-likeness (QED) is 0.644. The lowest BCUT2D eigenvalue weighted by atomic mass is 9.95. The van der Waals surface area contributed by atoms with Crippen molar-refractivity contribution in [3.8, 4) is 11.1 Å². The number of benzene rings is 3. The summed E-state index contributed by atoms with van der Waals surface area (Å²) in [5.41, 5.74) is 3.64. The molecule has 3 rings (SSSR count). The zero-order valence-electron chi connectivity index (χ0n) is 10.7. The molecule has 0 spiro atoms. The van der Waals surface area contributed by atoms with E-state index in [1.54, 1.807) is 0 Å². The van der Waals surface area contributed by atoms with Crippen molar-refractivity contribution in [3.63, 3.8) is 0 Å². The highest BCUT2D eigenvalue weighted by Gasteiger charge is 2.07. The van der Waals surface area contributed by atoms with Gasteiger partial charge in [-0.05, 0) is 33.5 Å². The second-order valence-electron chi connectivity index (χ2n) is 4.64. The van der Waals surface area contributed by atoms with E-state index in [0.717, 1.165) is 6.04 Å². The summed E-state index contributed by atoms with van der Waals surface area (Å²) in [6.45, 7) is 0. The zero-order valence-corrected chi connectivity index (χ0v) is 12.1. The van der Waals surface area contributed by atoms with Gasteiger partial charge in [-0.25, -0.2) is 0 Å². The van der Waals surface area contributed by atoms with Gasteiger partial charge in [0.25, 0.3) is 0 Å². The third-order valence-corrected chi connectivity index (χ3v) is 4.21. The molecule has 3 aromatic rings. The molecule has 93 valence electrons. The maximum Gasteiger partial charge on any atom is 0.211 e. The van der Waals surface area contributed by atoms with Crippen LogP contribution in [0.25, 0.3) is 21.9 Å². The minimum atomic E-state index is -1.21. The Morgan fingerprint density at radius 2 is 1.42 bits per heavy atom. The predicted octanol–water partition coefficient (Wildman–Crippen LogP) is 3.52. The largest absolute Gasteiger partial charge is 0.306 e. The first-order valence-electron chi connectivity index (χ1n) is 6.54. The van der Waals surface area contributed by atoms with E-state index in [1.807, 2.05) is 12.1 Å². The van der Waals surface area contributed by atoms with Crippen LogP contribution in [0.15, 0.2) is 66.7 Å². The summed E-state index contributed by atoms with van der Waals surface area (Å²) in [5, 5.41) is 2.50. The Bertz CT molecular complexity index is 701. The predicted molar refractivity (Wildman–Crippen MR) is 82.3 cm³/mol. The van der Waals surface area contributed by atoms with Gasteiger partial charge in [0, 0.05) is 0 Å². The summed E-state index contributed by atoms with van der Waals surface area (Å²) in [7, 11) is -1.21. The first kappa shape index (κ1) is 12.1. The van der Waals surface area contributed by atoms with Crippen LogP contribution < -0.4 is 0 Å². The molecule has 0 bridgehead atoms. The Hall–Kier alpha value is -1.90. The van der Waals surface area contributed by atoms with Crippen molar-refractivity contribution in [2.24, 2.45) is 0 Å². The first-order chi connectivity index (χ1) is 9.40. The lowest BCUT2D eigenvalue weighted by Gasteiger charge is -2.11. The van der Waals surface area contributed by atoms with Gasteiger partial charge in [0.1, 0.15) is 0 Å². The minimum Gasteiger partial charge on any atom is -0.306 e. The van der Waals surface area contributed by atoms with Gasteiger partial charge in [0.15, 0.2) is 0 Å². The molecule has 0 atom stereocenters. The number of rotatable bonds is 3. The van der Waals surface area contributed by atoms with E-state index in [-0.39, 0.29) is 0 Å². The highest BCUT2D eigenvalue weighted by molar-refractivity contribution is 6.24. The van der Waals surface area contributed by atoms with Crippen LogP contribution in [0, 0.1) is 0 Å². The fourth-order valence-corrected chi connectivity index (χ4v) is 3.23. The zero-order chi connectivity index (χ0) is 13.1. The van der Waals surface area contributed by atoms with E-state index in [9.17, 15) is 4.80 Å². The van der Waals surface area contributed by atoms with Gasteiger partial charge in [-0.1, -0.05) is 66.7 Å². The van der Waals surface area contributed by atoms with Crippen molar-refractivity contribution in [1.82, 2.24) is 0 Å². The smallest absolute Gasteiger partial charge is 0.211 e. The molecule has 0 heterocycles. The summed E-state index contributed by atoms with van der Waals surface area (Å²) in [6, 6.07) is 23.8. The summed E-state index contributed by atoms with van der Waals surface area (Å²) < 4.78 is 0. The van der Waals surface area contributed by atoms with Gasteiger partial charge in [0.05, 0.1) is 0 Å². The lowest BCUT2D eigenvalue weighted by Crippen LogP contribution is -1.96. The van der Waals surface area contributed by atoms with E-state index in [1.165, 1.54) is 27.5 Å². The van der Waals surface area contributed by atoms with Crippen LogP contribution in [-0.4, -0.2) is 9.76 Å². The molecule has 0 saturated heterocycles. The van der Waals surface area contributed by atoms with Crippen LogP contribution in [0.3, 0.4) is 0 Å². The molecular formula is C17H15OSi. The highest BCUT2D eigenvalue weighted by Crippen LogP contribution is 2.30. The number of hydrogen-bond acceptors (Lipinski definition) is 0. The molecule has 0 amide bonds. The molecule has 1 radical (unpaired) electrons. The molecule has 19 heavy (non-hydrogen) atoms. The maximum atomic E-state index is 11.1. The maximum absolute atomic E-state index is 11.1. The van der Waals surface area contributed by atoms with Gasteiger partial charge in [-0.15, -0.1) is 0 Å². The molecule has 0 aliphatic carbocycles. The van der Waals surface area contributed by atoms with Gasteiger partial charge >= 0.3 is 0 Å². The topological polar surface area (TPSA) is 19.9 Å². The molecule has 0 aliphatic heterocycles. The van der Waals surface area contributed by atoms with E-state index in [4.69, 9.17) is 0 Å². The van der Waals surface area contributed by atoms with Crippen molar-refractivity contribution in [2.45, 2.75) is 6.04 Å². The van der Waals surface area contributed by atoms with E-state index < -0.39 is 9.76 Å². The summed E-state index contributed by atoms with van der Waals surface area (Å²) >= 11 is 0. The van der Waals surface area contributed by atoms with Crippen molar-refractivity contribution < 1.29 is 4.80 Å². The first-order valence-corrected chi connectivity index (χ1v) is 8.12. The molecule has 0 unspecified atom stereocenters. The van der Waals surface area contributed by atoms with Crippen molar-refractivity contribution in [1.29, 1.82) is 0 Å². The number of fused-ring (bicyclic) bond motifs is 1. The van der Waals surface area contributed by atoms with Gasteiger partial charge in [-0.2, -0.15) is 0 Å². The Morgan fingerprint density at radius 3 is 2.32 bits per heavy atom. The molecule has 1 nitrogen and oxygen atoms in total. The molecule has 0 fully saturated rings. The summed E-state index contributed by atoms with van der Waals surface area (Å²) in [4.78, 5) is 11.1. The number of hydrogen-bond donors (Lipinski definition) is 0. The second-order valence-corrected chi connectivity index (χ2v) is 5.55. The third kappa shape index (κ3) is 2.32. The van der Waals surface area contributed by atoms with Gasteiger partial charge in [-0.3, -0.25) is 0 Å². The van der Waals surface area contributed by atoms with Crippen molar-refractivity contribution in [2.75, 3.05) is 0 Å². The summed E-state index contributed by atoms with van der Waals surface area (Å²) in [5.74, 6) is 0. The van der Waals surface area contributed by atoms with E-state index in [2.05, 4.69) is 54.6 Å². The minimum absolute atomic E-state index is 0.722. The van der Waals surface area contributed by atoms with Crippen LogP contribution in [-0.2, 0) is 10.8 Å². The van der Waals surface area contributed by atoms with Crippen molar-refractivity contribution >= 4 is 20.5 Å². The average molecular weight is 263 g/mol. The lowest BCUT2D eigenvalue weighted by molar-refractivity contribution is 0.472. The van der Waals surface area contributed by atoms with Crippen LogP contribution in [0.4, 0.5) is 0 Å². The fourth-order valence-electron chi connectivity index (χ4n) is 2.57. The molecule has 0 aliphatic rings. The van der Waals surface area contributed by atoms with Crippen molar-refractivity contribution in [3.05, 3.63) is 72.3 Å². The van der Waals surface area contributed by atoms with Crippen LogP contribution >= 0.6 is 0 Å². The molecule has 0 saturated carbocycles. The molecule has 0 N–H and O–H groups in total. The summed E-state index contributed by atoms with van der Waals surface area (Å²) in [6.07, 6.45) is 0. The third-order valence-electron chi connectivity index (χ3n) is 3.47. The Balaban J connectivity index is 2.25. The molecule has 2 heteroatoms. The van der Waals surface area contributed by atoms with Crippen LogP contribution in [0.5, 0.6) is 0 Å². The standard InChI is InChI=1S/C17H15OSi/c18-19-12-14-7-2-4-10-16(14)17-11-5-8-13-6-1-3-9-15(13)17/h1-11H,12,19H2. The van der Waals surface area contributed by atoms with Gasteiger partial charge < -0.3 is 4.80 Å². The fraction of sp³-hybridized carbons (Fsp3) is 0.0588. The second kappa shape index (κ2) is 5.39.